The molecule has 0 bridgehead atoms. The van der Waals surface area contributed by atoms with Gasteiger partial charge in [0.1, 0.15) is 18.2 Å². The van der Waals surface area contributed by atoms with Crippen LogP contribution in [-0.4, -0.2) is 8.07 Å². The first-order valence-electron chi connectivity index (χ1n) is 16.3. The van der Waals surface area contributed by atoms with Gasteiger partial charge in [0.15, 0.2) is 11.9 Å². The Morgan fingerprint density at radius 3 is 2.20 bits per heavy atom. The van der Waals surface area contributed by atoms with Crippen LogP contribution in [0.25, 0.3) is 60.3 Å². The molecule has 3 nitrogen and oxygen atoms in total. The van der Waals surface area contributed by atoms with Gasteiger partial charge in [0.25, 0.3) is 0 Å². The Labute approximate surface area is 270 Å². The topological polar surface area (TPSA) is 21.4 Å². The van der Waals surface area contributed by atoms with E-state index in [4.69, 9.17) is 12.4 Å². The summed E-state index contributed by atoms with van der Waals surface area (Å²) in [7, 11) is 0.334. The third-order valence-corrected chi connectivity index (χ3v) is 11.1. The van der Waals surface area contributed by atoms with Crippen molar-refractivity contribution in [2.45, 2.75) is 66.1 Å². The summed E-state index contributed by atoms with van der Waals surface area (Å²) in [5, 5.41) is 3.35. The van der Waals surface area contributed by atoms with Crippen molar-refractivity contribution in [1.82, 2.24) is 0 Å². The largest absolute Gasteiger partial charge is 0.456 e. The van der Waals surface area contributed by atoms with Gasteiger partial charge in [0.05, 0.1) is 20.2 Å². The molecule has 0 saturated carbocycles. The number of pyridine rings is 1. The molecule has 4 heteroatoms. The molecule has 0 fully saturated rings. The van der Waals surface area contributed by atoms with E-state index < -0.39 is 14.0 Å². The summed E-state index contributed by atoms with van der Waals surface area (Å²) in [4.78, 5) is 3.65. The molecule has 6 rings (SSSR count). The van der Waals surface area contributed by atoms with Crippen LogP contribution in [-0.2, 0) is 7.05 Å². The van der Waals surface area contributed by atoms with Gasteiger partial charge in [-0.3, -0.25) is 0 Å². The zero-order valence-corrected chi connectivity index (χ0v) is 29.0. The quantitative estimate of drug-likeness (QED) is 0.105. The molecule has 0 amide bonds. The first-order chi connectivity index (χ1) is 21.7. The summed E-state index contributed by atoms with van der Waals surface area (Å²) in [6.07, 6.45) is 2.34. The van der Waals surface area contributed by atoms with Crippen LogP contribution in [0.3, 0.4) is 0 Å². The Balaban J connectivity index is 1.70. The van der Waals surface area contributed by atoms with Gasteiger partial charge in [-0.05, 0) is 69.8 Å². The first kappa shape index (κ1) is 29.3. The van der Waals surface area contributed by atoms with E-state index in [1.165, 1.54) is 33.0 Å². The second-order valence-electron chi connectivity index (χ2n) is 13.9. The van der Waals surface area contributed by atoms with E-state index >= 15 is 0 Å². The maximum absolute atomic E-state index is 9.11. The van der Waals surface area contributed by atoms with E-state index in [0.717, 1.165) is 38.7 Å². The lowest BCUT2D eigenvalue weighted by Crippen LogP contribution is -2.46. The molecule has 0 aliphatic carbocycles. The molecule has 0 N–H and O–H groups in total. The second kappa shape index (κ2) is 11.5. The highest BCUT2D eigenvalue weighted by molar-refractivity contribution is 6.89. The minimum absolute atomic E-state index is 0.332. The number of nitrogens with zero attached hydrogens (tertiary/aromatic N) is 2. The molecule has 0 aliphatic heterocycles. The van der Waals surface area contributed by atoms with E-state index in [1.807, 2.05) is 32.0 Å². The van der Waals surface area contributed by atoms with Gasteiger partial charge in [-0.25, -0.2) is 9.41 Å². The SMILES string of the molecule is [2H]C(C)(C)c1cc2c(oc3cc([N+]#[C-])ccc32)c(-c2cc(-c3ccc(-c4ccccc4)cc3C(C)C)c([Si](C)(C)C)c[n+]2C)c1C. The average molecular weight is 609 g/mol. The predicted octanol–water partition coefficient (Wildman–Crippen LogP) is 11.1. The maximum Gasteiger partial charge on any atom is 0.216 e. The number of furan rings is 1. The Kier molecular flexibility index (Phi) is 7.46. The van der Waals surface area contributed by atoms with Crippen molar-refractivity contribution < 1.29 is 10.4 Å². The molecule has 226 valence electrons. The van der Waals surface area contributed by atoms with Crippen LogP contribution < -0.4 is 9.75 Å². The minimum atomic E-state index is -1.80. The molecule has 0 spiro atoms. The third-order valence-electron chi connectivity index (χ3n) is 9.08. The third kappa shape index (κ3) is 5.40. The van der Waals surface area contributed by atoms with Crippen molar-refractivity contribution in [3.8, 4) is 33.5 Å². The Morgan fingerprint density at radius 1 is 0.822 bits per heavy atom. The standard InChI is InChI=1S/C41H43N2OSi/c1-25(2)33-22-36-32-19-17-30(42-6)21-38(32)44-41(36)40(27(33)5)37-23-35(39(24-43(37)7)45(8,9)10)31-18-16-29(20-34(31)26(3)4)28-14-12-11-13-15-28/h11-26H,1-5,7-10H3/q+1/i25D. The molecule has 2 heterocycles. The highest BCUT2D eigenvalue weighted by Gasteiger charge is 2.31. The van der Waals surface area contributed by atoms with Crippen LogP contribution >= 0.6 is 0 Å². The number of fused-ring (bicyclic) bond motifs is 3. The summed E-state index contributed by atoms with van der Waals surface area (Å²) in [5.41, 5.74) is 12.4. The lowest BCUT2D eigenvalue weighted by Gasteiger charge is -2.24. The molecule has 0 atom stereocenters. The zero-order valence-electron chi connectivity index (χ0n) is 29.0. The highest BCUT2D eigenvalue weighted by Crippen LogP contribution is 2.42. The van der Waals surface area contributed by atoms with Gasteiger partial charge in [0, 0.05) is 23.4 Å². The molecule has 0 saturated heterocycles. The molecular weight excluding hydrogens is 565 g/mol. The summed E-state index contributed by atoms with van der Waals surface area (Å²) >= 11 is 0. The number of hydrogen-bond acceptors (Lipinski definition) is 1. The van der Waals surface area contributed by atoms with Crippen molar-refractivity contribution >= 4 is 40.9 Å². The predicted molar refractivity (Wildman–Crippen MR) is 193 cm³/mol. The van der Waals surface area contributed by atoms with E-state index in [1.54, 1.807) is 0 Å². The number of hydrogen-bond donors (Lipinski definition) is 0. The summed E-state index contributed by atoms with van der Waals surface area (Å²) in [6.45, 7) is 25.4. The minimum Gasteiger partial charge on any atom is -0.456 e. The molecule has 4 aromatic carbocycles. The van der Waals surface area contributed by atoms with Gasteiger partial charge in [-0.1, -0.05) is 108 Å². The van der Waals surface area contributed by atoms with Crippen molar-refractivity contribution in [3.05, 3.63) is 113 Å². The van der Waals surface area contributed by atoms with E-state index in [9.17, 15) is 0 Å². The number of aromatic nitrogens is 1. The zero-order chi connectivity index (χ0) is 33.1. The van der Waals surface area contributed by atoms with Gasteiger partial charge < -0.3 is 4.42 Å². The van der Waals surface area contributed by atoms with Crippen molar-refractivity contribution in [1.29, 1.82) is 0 Å². The Morgan fingerprint density at radius 2 is 1.56 bits per heavy atom. The monoisotopic (exact) mass is 608 g/mol. The van der Waals surface area contributed by atoms with Gasteiger partial charge in [-0.2, -0.15) is 0 Å². The normalized spacial score (nSPS) is 12.6. The number of rotatable bonds is 6. The second-order valence-corrected chi connectivity index (χ2v) is 18.9. The van der Waals surface area contributed by atoms with Crippen LogP contribution in [0, 0.1) is 13.5 Å². The molecule has 0 unspecified atom stereocenters. The smallest absolute Gasteiger partial charge is 0.216 e. The van der Waals surface area contributed by atoms with Crippen LogP contribution in [0.15, 0.2) is 89.5 Å². The van der Waals surface area contributed by atoms with Crippen molar-refractivity contribution in [3.63, 3.8) is 0 Å². The van der Waals surface area contributed by atoms with Gasteiger partial charge >= 0.3 is 0 Å². The summed E-state index contributed by atoms with van der Waals surface area (Å²) < 4.78 is 18.0. The fraction of sp³-hybridized carbons (Fsp3) is 0.268. The van der Waals surface area contributed by atoms with Crippen molar-refractivity contribution in [2.24, 2.45) is 7.05 Å². The first-order valence-corrected chi connectivity index (χ1v) is 19.3. The molecule has 2 aromatic heterocycles. The van der Waals surface area contributed by atoms with Crippen LogP contribution in [0.2, 0.25) is 19.6 Å². The maximum atomic E-state index is 9.11. The average Bonchev–Trinajstić information content (AvgIpc) is 3.37. The molecule has 0 radical (unpaired) electrons. The molecule has 0 aliphatic rings. The fourth-order valence-corrected chi connectivity index (χ4v) is 8.30. The number of aryl methyl sites for hydroxylation is 1. The fourth-order valence-electron chi connectivity index (χ4n) is 6.70. The van der Waals surface area contributed by atoms with Gasteiger partial charge in [-0.15, -0.1) is 0 Å². The summed E-state index contributed by atoms with van der Waals surface area (Å²) in [5.74, 6) is -0.483. The van der Waals surface area contributed by atoms with Crippen molar-refractivity contribution in [2.75, 3.05) is 0 Å². The lowest BCUT2D eigenvalue weighted by atomic mass is 9.87. The highest BCUT2D eigenvalue weighted by atomic mass is 28.3. The molecule has 45 heavy (non-hydrogen) atoms. The van der Waals surface area contributed by atoms with E-state index in [2.05, 4.69) is 124 Å². The van der Waals surface area contributed by atoms with Gasteiger partial charge in [0.2, 0.25) is 5.69 Å². The lowest BCUT2D eigenvalue weighted by molar-refractivity contribution is -0.659. The molecule has 6 aromatic rings. The Bertz CT molecular complexity index is 2170. The number of benzene rings is 4. The van der Waals surface area contributed by atoms with Crippen LogP contribution in [0.5, 0.6) is 0 Å². The van der Waals surface area contributed by atoms with Crippen LogP contribution in [0.4, 0.5) is 5.69 Å². The van der Waals surface area contributed by atoms with Crippen LogP contribution in [0.1, 0.15) is 57.6 Å². The van der Waals surface area contributed by atoms with E-state index in [-0.39, 0.29) is 0 Å². The Hall–Kier alpha value is -4.46. The summed E-state index contributed by atoms with van der Waals surface area (Å²) in [6, 6.07) is 27.7. The molecular formula is C41H43N2OSi+. The van der Waals surface area contributed by atoms with E-state index in [0.29, 0.717) is 17.2 Å².